The molecule has 0 atom stereocenters. The fraction of sp³-hybridized carbons (Fsp3) is 0.176. The van der Waals surface area contributed by atoms with Crippen molar-refractivity contribution < 1.29 is 18.6 Å². The van der Waals surface area contributed by atoms with Gasteiger partial charge in [-0.2, -0.15) is 8.78 Å². The molecule has 0 saturated carbocycles. The van der Waals surface area contributed by atoms with Crippen molar-refractivity contribution in [3.8, 4) is 17.6 Å². The zero-order valence-electron chi connectivity index (χ0n) is 11.2. The molecular weight excluding hydrogens is 274 g/mol. The van der Waals surface area contributed by atoms with E-state index in [1.807, 2.05) is 30.3 Å². The summed E-state index contributed by atoms with van der Waals surface area (Å²) in [5.41, 5.74) is 2.07. The molecule has 0 radical (unpaired) electrons. The molecule has 0 aliphatic heterocycles. The van der Waals surface area contributed by atoms with Crippen LogP contribution in [0, 0.1) is 11.8 Å². The van der Waals surface area contributed by atoms with Gasteiger partial charge in [-0.3, -0.25) is 0 Å². The van der Waals surface area contributed by atoms with E-state index in [9.17, 15) is 8.78 Å². The molecule has 0 aromatic heterocycles. The van der Waals surface area contributed by atoms with Crippen molar-refractivity contribution in [2.24, 2.45) is 0 Å². The van der Waals surface area contributed by atoms with Crippen molar-refractivity contribution in [1.29, 1.82) is 0 Å². The zero-order chi connectivity index (χ0) is 15.1. The minimum absolute atomic E-state index is 0.0734. The molecule has 0 spiro atoms. The Morgan fingerprint density at radius 1 is 1.00 bits per heavy atom. The van der Waals surface area contributed by atoms with Gasteiger partial charge in [0.05, 0.1) is 0 Å². The minimum atomic E-state index is -2.89. The minimum Gasteiger partial charge on any atom is -0.435 e. The Bertz CT molecular complexity index is 643. The third-order valence-corrected chi connectivity index (χ3v) is 2.78. The third kappa shape index (κ3) is 4.59. The summed E-state index contributed by atoms with van der Waals surface area (Å²) in [6.07, 6.45) is 0.239. The summed E-state index contributed by atoms with van der Waals surface area (Å²) < 4.78 is 29.0. The highest BCUT2D eigenvalue weighted by molar-refractivity contribution is 5.47. The molecule has 108 valence electrons. The van der Waals surface area contributed by atoms with E-state index in [0.717, 1.165) is 5.56 Å². The molecule has 2 nitrogen and oxygen atoms in total. The van der Waals surface area contributed by atoms with E-state index in [2.05, 4.69) is 16.6 Å². The van der Waals surface area contributed by atoms with Gasteiger partial charge in [-0.05, 0) is 42.3 Å². The Hall–Kier alpha value is -2.38. The molecule has 0 unspecified atom stereocenters. The van der Waals surface area contributed by atoms with E-state index in [1.54, 1.807) is 12.1 Å². The molecule has 2 rings (SSSR count). The first-order valence-corrected chi connectivity index (χ1v) is 6.44. The quantitative estimate of drug-likeness (QED) is 0.875. The third-order valence-electron chi connectivity index (χ3n) is 2.78. The normalized spacial score (nSPS) is 10.1. The van der Waals surface area contributed by atoms with E-state index in [1.165, 1.54) is 6.07 Å². The maximum absolute atomic E-state index is 12.3. The molecule has 1 N–H and O–H groups in total. The van der Waals surface area contributed by atoms with Gasteiger partial charge in [-0.15, -0.1) is 0 Å². The van der Waals surface area contributed by atoms with Crippen LogP contribution in [0.1, 0.15) is 16.7 Å². The predicted octanol–water partition coefficient (Wildman–Crippen LogP) is 3.22. The summed E-state index contributed by atoms with van der Waals surface area (Å²) in [5, 5.41) is 9.00. The highest BCUT2D eigenvalue weighted by Crippen LogP contribution is 2.22. The maximum atomic E-state index is 12.3. The van der Waals surface area contributed by atoms with Gasteiger partial charge in [-0.1, -0.05) is 30.0 Å². The lowest BCUT2D eigenvalue weighted by Gasteiger charge is -2.10. The monoisotopic (exact) mass is 288 g/mol. The van der Waals surface area contributed by atoms with Gasteiger partial charge in [0.2, 0.25) is 0 Å². The average molecular weight is 288 g/mol. The Kier molecular flexibility index (Phi) is 5.30. The van der Waals surface area contributed by atoms with Gasteiger partial charge in [0.25, 0.3) is 0 Å². The van der Waals surface area contributed by atoms with Crippen LogP contribution in [0.4, 0.5) is 8.78 Å². The number of aliphatic hydroxyl groups is 1. The summed E-state index contributed by atoms with van der Waals surface area (Å²) in [4.78, 5) is 0. The van der Waals surface area contributed by atoms with Gasteiger partial charge in [0, 0.05) is 17.7 Å². The number of rotatable bonds is 4. The average Bonchev–Trinajstić information content (AvgIpc) is 2.48. The molecule has 0 amide bonds. The largest absolute Gasteiger partial charge is 0.435 e. The summed E-state index contributed by atoms with van der Waals surface area (Å²) in [6.45, 7) is -3.03. The standard InChI is InChI=1S/C17H14F2O2/c18-17(19)21-16-9-8-14(12-15(16)10-11-20)7-6-13-4-2-1-3-5-13/h1-5,8-9,12,17,20H,10-11H2. The van der Waals surface area contributed by atoms with E-state index in [0.29, 0.717) is 11.1 Å². The predicted molar refractivity (Wildman–Crippen MR) is 76.3 cm³/mol. The first-order valence-electron chi connectivity index (χ1n) is 6.44. The number of benzene rings is 2. The molecule has 2 aromatic rings. The van der Waals surface area contributed by atoms with E-state index in [4.69, 9.17) is 5.11 Å². The van der Waals surface area contributed by atoms with Crippen molar-refractivity contribution in [2.45, 2.75) is 13.0 Å². The molecule has 0 bridgehead atoms. The Morgan fingerprint density at radius 3 is 2.38 bits per heavy atom. The molecule has 0 aliphatic carbocycles. The maximum Gasteiger partial charge on any atom is 0.387 e. The highest BCUT2D eigenvalue weighted by Gasteiger charge is 2.09. The topological polar surface area (TPSA) is 29.5 Å². The number of aliphatic hydroxyl groups excluding tert-OH is 1. The zero-order valence-corrected chi connectivity index (χ0v) is 11.2. The van der Waals surface area contributed by atoms with Crippen LogP contribution in [-0.4, -0.2) is 18.3 Å². The molecule has 0 heterocycles. The van der Waals surface area contributed by atoms with Crippen LogP contribution >= 0.6 is 0 Å². The van der Waals surface area contributed by atoms with Crippen molar-refractivity contribution in [1.82, 2.24) is 0 Å². The smallest absolute Gasteiger partial charge is 0.387 e. The second-order valence-corrected chi connectivity index (χ2v) is 4.29. The van der Waals surface area contributed by atoms with Crippen LogP contribution in [0.5, 0.6) is 5.75 Å². The van der Waals surface area contributed by atoms with E-state index < -0.39 is 6.61 Å². The Labute approximate surface area is 122 Å². The number of halogens is 2. The molecule has 0 aliphatic rings. The van der Waals surface area contributed by atoms with Crippen LogP contribution < -0.4 is 4.74 Å². The SMILES string of the molecule is OCCc1cc(C#Cc2ccccc2)ccc1OC(F)F. The molecule has 0 fully saturated rings. The fourth-order valence-corrected chi connectivity index (χ4v) is 1.85. The van der Waals surface area contributed by atoms with Gasteiger partial charge in [0.15, 0.2) is 0 Å². The number of ether oxygens (including phenoxy) is 1. The van der Waals surface area contributed by atoms with Crippen LogP contribution in [0.15, 0.2) is 48.5 Å². The van der Waals surface area contributed by atoms with Crippen molar-refractivity contribution >= 4 is 0 Å². The molecule has 4 heteroatoms. The van der Waals surface area contributed by atoms with Gasteiger partial charge >= 0.3 is 6.61 Å². The number of alkyl halides is 2. The number of hydrogen-bond acceptors (Lipinski definition) is 2. The van der Waals surface area contributed by atoms with Crippen molar-refractivity contribution in [3.63, 3.8) is 0 Å². The lowest BCUT2D eigenvalue weighted by Crippen LogP contribution is -2.05. The highest BCUT2D eigenvalue weighted by atomic mass is 19.3. The van der Waals surface area contributed by atoms with E-state index in [-0.39, 0.29) is 18.8 Å². The van der Waals surface area contributed by atoms with Crippen molar-refractivity contribution in [2.75, 3.05) is 6.61 Å². The second kappa shape index (κ2) is 7.41. The second-order valence-electron chi connectivity index (χ2n) is 4.29. The lowest BCUT2D eigenvalue weighted by molar-refractivity contribution is -0.0505. The van der Waals surface area contributed by atoms with Gasteiger partial charge in [-0.25, -0.2) is 0 Å². The van der Waals surface area contributed by atoms with Crippen LogP contribution in [0.2, 0.25) is 0 Å². The van der Waals surface area contributed by atoms with Crippen LogP contribution in [0.3, 0.4) is 0 Å². The van der Waals surface area contributed by atoms with E-state index >= 15 is 0 Å². The van der Waals surface area contributed by atoms with Crippen LogP contribution in [0.25, 0.3) is 0 Å². The van der Waals surface area contributed by atoms with Gasteiger partial charge in [0.1, 0.15) is 5.75 Å². The molecular formula is C17H14F2O2. The Morgan fingerprint density at radius 2 is 1.71 bits per heavy atom. The fourth-order valence-electron chi connectivity index (χ4n) is 1.85. The number of hydrogen-bond donors (Lipinski definition) is 1. The first kappa shape index (κ1) is 15.0. The Balaban J connectivity index is 2.25. The molecule has 2 aromatic carbocycles. The summed E-state index contributed by atoms with van der Waals surface area (Å²) in [5.74, 6) is 6.03. The molecule has 21 heavy (non-hydrogen) atoms. The van der Waals surface area contributed by atoms with Crippen LogP contribution in [-0.2, 0) is 6.42 Å². The summed E-state index contributed by atoms with van der Waals surface area (Å²) in [7, 11) is 0. The molecule has 0 saturated heterocycles. The summed E-state index contributed by atoms with van der Waals surface area (Å²) >= 11 is 0. The lowest BCUT2D eigenvalue weighted by atomic mass is 10.1. The van der Waals surface area contributed by atoms with Gasteiger partial charge < -0.3 is 9.84 Å². The van der Waals surface area contributed by atoms with Crippen molar-refractivity contribution in [3.05, 3.63) is 65.2 Å². The summed E-state index contributed by atoms with van der Waals surface area (Å²) in [6, 6.07) is 14.2. The first-order chi connectivity index (χ1) is 10.2.